The number of halogens is 2. The fourth-order valence-corrected chi connectivity index (χ4v) is 3.81. The van der Waals surface area contributed by atoms with Crippen LogP contribution in [0.25, 0.3) is 5.76 Å². The Morgan fingerprint density at radius 1 is 0.967 bits per heavy atom. The Hall–Kier alpha value is -3.44. The van der Waals surface area contributed by atoms with Crippen LogP contribution in [0.3, 0.4) is 0 Å². The van der Waals surface area contributed by atoms with Crippen LogP contribution in [-0.2, 0) is 16.1 Å². The number of aliphatic hydroxyl groups excluding tert-OH is 1. The Bertz CT molecular complexity index is 1140. The van der Waals surface area contributed by atoms with Gasteiger partial charge >= 0.3 is 0 Å². The lowest BCUT2D eigenvalue weighted by Gasteiger charge is -2.25. The highest BCUT2D eigenvalue weighted by molar-refractivity contribution is 6.46. The van der Waals surface area contributed by atoms with E-state index in [4.69, 9.17) is 11.6 Å². The maximum atomic E-state index is 13.3. The van der Waals surface area contributed by atoms with Gasteiger partial charge in [-0.2, -0.15) is 0 Å². The Balaban J connectivity index is 1.87. The molecule has 1 aliphatic heterocycles. The highest BCUT2D eigenvalue weighted by atomic mass is 35.5. The molecule has 0 spiro atoms. The predicted octanol–water partition coefficient (Wildman–Crippen LogP) is 5.10. The third kappa shape index (κ3) is 3.72. The van der Waals surface area contributed by atoms with Crippen molar-refractivity contribution in [3.63, 3.8) is 0 Å². The zero-order chi connectivity index (χ0) is 21.3. The summed E-state index contributed by atoms with van der Waals surface area (Å²) in [5.74, 6) is -2.33. The number of nitrogens with zero attached hydrogens (tertiary/aromatic N) is 1. The van der Waals surface area contributed by atoms with Crippen molar-refractivity contribution in [2.75, 3.05) is 0 Å². The predicted molar refractivity (Wildman–Crippen MR) is 112 cm³/mol. The van der Waals surface area contributed by atoms with E-state index in [1.54, 1.807) is 24.3 Å². The fraction of sp³-hybridized carbons (Fsp3) is 0.0833. The van der Waals surface area contributed by atoms with Crippen LogP contribution < -0.4 is 0 Å². The standard InChI is InChI=1S/C24H17ClFNO3/c25-18-8-4-7-17(13-18)21-20(22(28)16-9-11-19(26)12-10-16)23(29)24(30)27(21)14-15-5-2-1-3-6-15/h1-13,21,28H,14H2/b22-20+. The molecule has 3 aromatic carbocycles. The van der Waals surface area contributed by atoms with Gasteiger partial charge in [-0.3, -0.25) is 9.59 Å². The molecule has 4 nitrogen and oxygen atoms in total. The number of amides is 1. The number of ketones is 1. The molecule has 1 atom stereocenters. The van der Waals surface area contributed by atoms with E-state index in [1.165, 1.54) is 29.2 Å². The van der Waals surface area contributed by atoms with Gasteiger partial charge in [-0.1, -0.05) is 54.1 Å². The summed E-state index contributed by atoms with van der Waals surface area (Å²) in [7, 11) is 0. The zero-order valence-corrected chi connectivity index (χ0v) is 16.5. The van der Waals surface area contributed by atoms with Gasteiger partial charge < -0.3 is 10.0 Å². The molecule has 0 radical (unpaired) electrons. The largest absolute Gasteiger partial charge is 0.507 e. The minimum absolute atomic E-state index is 0.0511. The lowest BCUT2D eigenvalue weighted by molar-refractivity contribution is -0.140. The van der Waals surface area contributed by atoms with Crippen LogP contribution in [0.5, 0.6) is 0 Å². The van der Waals surface area contributed by atoms with Gasteiger partial charge in [-0.05, 0) is 47.5 Å². The number of hydrogen-bond donors (Lipinski definition) is 1. The minimum Gasteiger partial charge on any atom is -0.507 e. The number of aliphatic hydroxyl groups is 1. The van der Waals surface area contributed by atoms with Crippen molar-refractivity contribution in [2.24, 2.45) is 0 Å². The van der Waals surface area contributed by atoms with Crippen LogP contribution in [0.1, 0.15) is 22.7 Å². The molecule has 1 saturated heterocycles. The molecule has 4 rings (SSSR count). The van der Waals surface area contributed by atoms with Gasteiger partial charge in [0.25, 0.3) is 11.7 Å². The summed E-state index contributed by atoms with van der Waals surface area (Å²) in [6, 6.07) is 20.4. The van der Waals surface area contributed by atoms with Gasteiger partial charge in [-0.25, -0.2) is 4.39 Å². The molecule has 0 saturated carbocycles. The van der Waals surface area contributed by atoms with E-state index in [9.17, 15) is 19.1 Å². The lowest BCUT2D eigenvalue weighted by atomic mass is 9.95. The molecule has 1 fully saturated rings. The zero-order valence-electron chi connectivity index (χ0n) is 15.8. The Morgan fingerprint density at radius 2 is 1.67 bits per heavy atom. The topological polar surface area (TPSA) is 57.6 Å². The van der Waals surface area contributed by atoms with E-state index < -0.39 is 23.5 Å². The monoisotopic (exact) mass is 421 g/mol. The molecule has 0 bridgehead atoms. The Morgan fingerprint density at radius 3 is 2.33 bits per heavy atom. The summed E-state index contributed by atoms with van der Waals surface area (Å²) in [6.07, 6.45) is 0. The van der Waals surface area contributed by atoms with Crippen molar-refractivity contribution in [3.05, 3.63) is 112 Å². The van der Waals surface area contributed by atoms with E-state index in [1.807, 2.05) is 30.3 Å². The van der Waals surface area contributed by atoms with Gasteiger partial charge in [0.15, 0.2) is 0 Å². The maximum Gasteiger partial charge on any atom is 0.295 e. The van der Waals surface area contributed by atoms with Crippen LogP contribution in [0, 0.1) is 5.82 Å². The van der Waals surface area contributed by atoms with E-state index in [0.717, 1.165) is 5.56 Å². The Kier molecular flexibility index (Phi) is 5.38. The molecule has 1 unspecified atom stereocenters. The van der Waals surface area contributed by atoms with Crippen molar-refractivity contribution < 1.29 is 19.1 Å². The number of carbonyl (C=O) groups is 2. The van der Waals surface area contributed by atoms with Gasteiger partial charge in [0.2, 0.25) is 0 Å². The van der Waals surface area contributed by atoms with Crippen molar-refractivity contribution >= 4 is 29.1 Å². The summed E-state index contributed by atoms with van der Waals surface area (Å²) in [4.78, 5) is 27.3. The van der Waals surface area contributed by atoms with Crippen molar-refractivity contribution in [1.82, 2.24) is 4.90 Å². The van der Waals surface area contributed by atoms with Gasteiger partial charge in [0.05, 0.1) is 11.6 Å². The average Bonchev–Trinajstić information content (AvgIpc) is 2.99. The average molecular weight is 422 g/mol. The fourth-order valence-electron chi connectivity index (χ4n) is 3.61. The van der Waals surface area contributed by atoms with Crippen molar-refractivity contribution in [2.45, 2.75) is 12.6 Å². The van der Waals surface area contributed by atoms with Gasteiger partial charge in [0.1, 0.15) is 11.6 Å². The van der Waals surface area contributed by atoms with Gasteiger partial charge in [0, 0.05) is 17.1 Å². The third-order valence-corrected chi connectivity index (χ3v) is 5.25. The second-order valence-electron chi connectivity index (χ2n) is 6.97. The molecule has 6 heteroatoms. The normalized spacial score (nSPS) is 18.1. The molecule has 1 aliphatic rings. The SMILES string of the molecule is O=C1C(=O)N(Cc2ccccc2)C(c2cccc(Cl)c2)/C1=C(\O)c1ccc(F)cc1. The first kappa shape index (κ1) is 19.9. The third-order valence-electron chi connectivity index (χ3n) is 5.02. The first-order valence-electron chi connectivity index (χ1n) is 9.29. The molecule has 0 aromatic heterocycles. The van der Waals surface area contributed by atoms with Crippen LogP contribution in [-0.4, -0.2) is 21.7 Å². The highest BCUT2D eigenvalue weighted by Gasteiger charge is 2.46. The smallest absolute Gasteiger partial charge is 0.295 e. The Labute approximate surface area is 177 Å². The maximum absolute atomic E-state index is 13.3. The molecule has 150 valence electrons. The van der Waals surface area contributed by atoms with Crippen molar-refractivity contribution in [3.8, 4) is 0 Å². The quantitative estimate of drug-likeness (QED) is 0.362. The van der Waals surface area contributed by atoms with E-state index >= 15 is 0 Å². The molecule has 1 heterocycles. The summed E-state index contributed by atoms with van der Waals surface area (Å²) in [6.45, 7) is 0.183. The van der Waals surface area contributed by atoms with E-state index in [-0.39, 0.29) is 23.4 Å². The van der Waals surface area contributed by atoms with Crippen LogP contribution in [0.2, 0.25) is 5.02 Å². The van der Waals surface area contributed by atoms with Crippen LogP contribution >= 0.6 is 11.6 Å². The highest BCUT2D eigenvalue weighted by Crippen LogP contribution is 2.40. The molecule has 1 N–H and O–H groups in total. The summed E-state index contributed by atoms with van der Waals surface area (Å²) >= 11 is 6.16. The first-order valence-corrected chi connectivity index (χ1v) is 9.67. The van der Waals surface area contributed by atoms with E-state index in [2.05, 4.69) is 0 Å². The minimum atomic E-state index is -0.825. The number of hydrogen-bond acceptors (Lipinski definition) is 3. The molecular weight excluding hydrogens is 405 g/mol. The first-order chi connectivity index (χ1) is 14.5. The molecule has 3 aromatic rings. The number of benzene rings is 3. The number of carbonyl (C=O) groups excluding carboxylic acids is 2. The summed E-state index contributed by atoms with van der Waals surface area (Å²) in [5.41, 5.74) is 1.64. The van der Waals surface area contributed by atoms with Crippen molar-refractivity contribution in [1.29, 1.82) is 0 Å². The number of Topliss-reactive ketones (excluding diaryl/α,β-unsaturated/α-hetero) is 1. The molecule has 0 aliphatic carbocycles. The van der Waals surface area contributed by atoms with Gasteiger partial charge in [-0.15, -0.1) is 0 Å². The summed E-state index contributed by atoms with van der Waals surface area (Å²) < 4.78 is 13.3. The molecule has 30 heavy (non-hydrogen) atoms. The summed E-state index contributed by atoms with van der Waals surface area (Å²) in [5, 5.41) is 11.4. The van der Waals surface area contributed by atoms with E-state index in [0.29, 0.717) is 10.6 Å². The van der Waals surface area contributed by atoms with Crippen LogP contribution in [0.15, 0.2) is 84.4 Å². The second kappa shape index (κ2) is 8.13. The molecule has 1 amide bonds. The lowest BCUT2D eigenvalue weighted by Crippen LogP contribution is -2.29. The van der Waals surface area contributed by atoms with Crippen LogP contribution in [0.4, 0.5) is 4.39 Å². The number of likely N-dealkylation sites (tertiary alicyclic amines) is 1. The number of rotatable bonds is 4. The molecular formula is C24H17ClFNO3. The second-order valence-corrected chi connectivity index (χ2v) is 7.41.